The van der Waals surface area contributed by atoms with Crippen molar-refractivity contribution in [3.63, 3.8) is 0 Å². The average molecular weight is 282 g/mol. The van der Waals surface area contributed by atoms with Crippen LogP contribution in [0.5, 0.6) is 0 Å². The zero-order valence-corrected chi connectivity index (χ0v) is 12.5. The van der Waals surface area contributed by atoms with Crippen molar-refractivity contribution < 1.29 is 0 Å². The van der Waals surface area contributed by atoms with Crippen molar-refractivity contribution in [1.82, 2.24) is 10.2 Å². The number of benzene rings is 1. The summed E-state index contributed by atoms with van der Waals surface area (Å²) in [5.74, 6) is 0.930. The maximum Gasteiger partial charge on any atom is 0.151 e. The van der Waals surface area contributed by atoms with Gasteiger partial charge < -0.3 is 10.6 Å². The molecule has 0 radical (unpaired) electrons. The van der Waals surface area contributed by atoms with Crippen LogP contribution in [-0.2, 0) is 6.42 Å². The molecule has 110 valence electrons. The van der Waals surface area contributed by atoms with Crippen LogP contribution in [-0.4, -0.2) is 29.3 Å². The van der Waals surface area contributed by atoms with E-state index in [0.29, 0.717) is 0 Å². The lowest BCUT2D eigenvalue weighted by atomic mass is 10.1. The second kappa shape index (κ2) is 6.22. The molecule has 1 unspecified atom stereocenters. The maximum atomic E-state index is 6.02. The van der Waals surface area contributed by atoms with Gasteiger partial charge in [0, 0.05) is 24.7 Å². The van der Waals surface area contributed by atoms with Gasteiger partial charge in [0.1, 0.15) is 0 Å². The summed E-state index contributed by atoms with van der Waals surface area (Å²) in [5, 5.41) is 8.75. The zero-order chi connectivity index (χ0) is 14.7. The van der Waals surface area contributed by atoms with Crippen LogP contribution in [0.3, 0.4) is 0 Å². The van der Waals surface area contributed by atoms with E-state index in [9.17, 15) is 0 Å². The topological polar surface area (TPSA) is 55.0 Å². The minimum absolute atomic E-state index is 0.252. The van der Waals surface area contributed by atoms with E-state index in [-0.39, 0.29) is 6.04 Å². The molecule has 1 atom stereocenters. The van der Waals surface area contributed by atoms with E-state index in [1.54, 1.807) is 0 Å². The predicted octanol–water partition coefficient (Wildman–Crippen LogP) is 2.63. The van der Waals surface area contributed by atoms with Crippen LogP contribution in [0, 0.1) is 0 Å². The highest BCUT2D eigenvalue weighted by atomic mass is 15.3. The molecule has 1 saturated heterocycles. The highest BCUT2D eigenvalue weighted by Crippen LogP contribution is 2.21. The summed E-state index contributed by atoms with van der Waals surface area (Å²) in [6.07, 6.45) is 3.29. The third-order valence-electron chi connectivity index (χ3n) is 4.09. The minimum atomic E-state index is 0.252. The summed E-state index contributed by atoms with van der Waals surface area (Å²) < 4.78 is 0. The number of nitrogens with zero attached hydrogens (tertiary/aromatic N) is 3. The summed E-state index contributed by atoms with van der Waals surface area (Å²) in [7, 11) is 0. The highest BCUT2D eigenvalue weighted by Gasteiger charge is 2.18. The number of hydrogen-bond acceptors (Lipinski definition) is 4. The Morgan fingerprint density at radius 1 is 1.14 bits per heavy atom. The molecule has 0 aliphatic carbocycles. The van der Waals surface area contributed by atoms with Crippen LogP contribution in [0.15, 0.2) is 36.4 Å². The lowest BCUT2D eigenvalue weighted by molar-refractivity contribution is 0.502. The molecule has 2 heterocycles. The third kappa shape index (κ3) is 3.22. The van der Waals surface area contributed by atoms with Crippen molar-refractivity contribution >= 4 is 5.82 Å². The van der Waals surface area contributed by atoms with E-state index >= 15 is 0 Å². The van der Waals surface area contributed by atoms with E-state index in [1.165, 1.54) is 5.56 Å². The van der Waals surface area contributed by atoms with Gasteiger partial charge in [-0.2, -0.15) is 0 Å². The van der Waals surface area contributed by atoms with E-state index in [2.05, 4.69) is 46.3 Å². The van der Waals surface area contributed by atoms with Gasteiger partial charge in [-0.25, -0.2) is 0 Å². The Hall–Kier alpha value is -1.94. The van der Waals surface area contributed by atoms with Crippen LogP contribution in [0.25, 0.3) is 11.3 Å². The molecule has 0 bridgehead atoms. The van der Waals surface area contributed by atoms with Gasteiger partial charge in [-0.15, -0.1) is 10.2 Å². The largest absolute Gasteiger partial charge is 0.354 e. The van der Waals surface area contributed by atoms with Crippen LogP contribution < -0.4 is 10.6 Å². The predicted molar refractivity (Wildman–Crippen MR) is 86.3 cm³/mol. The summed E-state index contributed by atoms with van der Waals surface area (Å²) in [6.45, 7) is 4.05. The third-order valence-corrected chi connectivity index (χ3v) is 4.09. The summed E-state index contributed by atoms with van der Waals surface area (Å²) in [5.41, 5.74) is 9.39. The number of aryl methyl sites for hydroxylation is 1. The SMILES string of the molecule is CCc1ccc(-c2ccc(N3CCCC(N)C3)nn2)cc1. The molecular weight excluding hydrogens is 260 g/mol. The number of hydrogen-bond donors (Lipinski definition) is 1. The minimum Gasteiger partial charge on any atom is -0.354 e. The smallest absolute Gasteiger partial charge is 0.151 e. The average Bonchev–Trinajstić information content (AvgIpc) is 2.55. The number of nitrogens with two attached hydrogens (primary N) is 1. The standard InChI is InChI=1S/C17H22N4/c1-2-13-5-7-14(8-6-13)16-9-10-17(20-19-16)21-11-3-4-15(18)12-21/h5-10,15H,2-4,11-12,18H2,1H3. The van der Waals surface area contributed by atoms with Gasteiger partial charge in [0.25, 0.3) is 0 Å². The van der Waals surface area contributed by atoms with Gasteiger partial charge in [-0.1, -0.05) is 31.2 Å². The molecule has 4 nitrogen and oxygen atoms in total. The monoisotopic (exact) mass is 282 g/mol. The van der Waals surface area contributed by atoms with Crippen molar-refractivity contribution in [2.24, 2.45) is 5.73 Å². The van der Waals surface area contributed by atoms with Crippen LogP contribution >= 0.6 is 0 Å². The Morgan fingerprint density at radius 2 is 1.95 bits per heavy atom. The number of piperidine rings is 1. The molecule has 1 aromatic carbocycles. The highest BCUT2D eigenvalue weighted by molar-refractivity contribution is 5.60. The fourth-order valence-corrected chi connectivity index (χ4v) is 2.78. The Kier molecular flexibility index (Phi) is 4.15. The molecule has 1 aliphatic rings. The number of aromatic nitrogens is 2. The summed E-state index contributed by atoms with van der Waals surface area (Å²) in [6, 6.07) is 12.9. The fraction of sp³-hybridized carbons (Fsp3) is 0.412. The Bertz CT molecular complexity index is 577. The molecule has 21 heavy (non-hydrogen) atoms. The van der Waals surface area contributed by atoms with Crippen LogP contribution in [0.2, 0.25) is 0 Å². The van der Waals surface area contributed by atoms with Gasteiger partial charge >= 0.3 is 0 Å². The van der Waals surface area contributed by atoms with Gasteiger partial charge in [0.2, 0.25) is 0 Å². The first kappa shape index (κ1) is 14.0. The van der Waals surface area contributed by atoms with Crippen molar-refractivity contribution in [3.05, 3.63) is 42.0 Å². The molecule has 4 heteroatoms. The molecule has 0 saturated carbocycles. The molecule has 2 aromatic rings. The van der Waals surface area contributed by atoms with Crippen molar-refractivity contribution in [2.45, 2.75) is 32.2 Å². The van der Waals surface area contributed by atoms with E-state index in [4.69, 9.17) is 5.73 Å². The molecule has 1 fully saturated rings. The molecule has 2 N–H and O–H groups in total. The van der Waals surface area contributed by atoms with Gasteiger partial charge in [0.05, 0.1) is 5.69 Å². The first-order valence-electron chi connectivity index (χ1n) is 7.70. The van der Waals surface area contributed by atoms with E-state index in [0.717, 1.165) is 49.4 Å². The molecule has 3 rings (SSSR count). The van der Waals surface area contributed by atoms with E-state index in [1.807, 2.05) is 12.1 Å². The van der Waals surface area contributed by atoms with Gasteiger partial charge in [0.15, 0.2) is 5.82 Å². The van der Waals surface area contributed by atoms with Crippen LogP contribution in [0.4, 0.5) is 5.82 Å². The van der Waals surface area contributed by atoms with E-state index < -0.39 is 0 Å². The Morgan fingerprint density at radius 3 is 2.57 bits per heavy atom. The first-order valence-corrected chi connectivity index (χ1v) is 7.70. The normalized spacial score (nSPS) is 18.8. The lowest BCUT2D eigenvalue weighted by Crippen LogP contribution is -2.43. The molecule has 1 aromatic heterocycles. The quantitative estimate of drug-likeness (QED) is 0.940. The first-order chi connectivity index (χ1) is 10.3. The van der Waals surface area contributed by atoms with Crippen molar-refractivity contribution in [2.75, 3.05) is 18.0 Å². The van der Waals surface area contributed by atoms with Gasteiger partial charge in [-0.3, -0.25) is 0 Å². The maximum absolute atomic E-state index is 6.02. The summed E-state index contributed by atoms with van der Waals surface area (Å²) in [4.78, 5) is 2.23. The second-order valence-electron chi connectivity index (χ2n) is 5.68. The fourth-order valence-electron chi connectivity index (χ4n) is 2.78. The van der Waals surface area contributed by atoms with Crippen molar-refractivity contribution in [1.29, 1.82) is 0 Å². The molecular formula is C17H22N4. The number of anilines is 1. The number of rotatable bonds is 3. The Balaban J connectivity index is 1.76. The summed E-state index contributed by atoms with van der Waals surface area (Å²) >= 11 is 0. The zero-order valence-electron chi connectivity index (χ0n) is 12.5. The molecule has 1 aliphatic heterocycles. The lowest BCUT2D eigenvalue weighted by Gasteiger charge is -2.31. The molecule has 0 amide bonds. The Labute approximate surface area is 126 Å². The second-order valence-corrected chi connectivity index (χ2v) is 5.68. The van der Waals surface area contributed by atoms with Crippen molar-refractivity contribution in [3.8, 4) is 11.3 Å². The van der Waals surface area contributed by atoms with Gasteiger partial charge in [-0.05, 0) is 37.0 Å². The molecule has 0 spiro atoms. The van der Waals surface area contributed by atoms with Crippen LogP contribution in [0.1, 0.15) is 25.3 Å².